The lowest BCUT2D eigenvalue weighted by atomic mass is 9.87. The number of nitrogens with two attached hydrogens (primary N) is 1. The summed E-state index contributed by atoms with van der Waals surface area (Å²) in [5.41, 5.74) is 5.25. The van der Waals surface area contributed by atoms with Gasteiger partial charge in [-0.2, -0.15) is 18.4 Å². The van der Waals surface area contributed by atoms with Gasteiger partial charge in [0, 0.05) is 23.6 Å². The van der Waals surface area contributed by atoms with E-state index < -0.39 is 23.7 Å². The summed E-state index contributed by atoms with van der Waals surface area (Å²) >= 11 is 0. The van der Waals surface area contributed by atoms with Gasteiger partial charge in [0.1, 0.15) is 28.9 Å². The molecule has 1 aromatic carbocycles. The smallest absolute Gasteiger partial charge is 0.419 e. The summed E-state index contributed by atoms with van der Waals surface area (Å²) in [6.07, 6.45) is -3.86. The number of hydrogen-bond acceptors (Lipinski definition) is 6. The lowest BCUT2D eigenvalue weighted by Gasteiger charge is -2.25. The van der Waals surface area contributed by atoms with Crippen LogP contribution >= 0.6 is 0 Å². The summed E-state index contributed by atoms with van der Waals surface area (Å²) < 4.78 is 57.6. The van der Waals surface area contributed by atoms with Crippen LogP contribution in [0.15, 0.2) is 24.3 Å². The molecule has 1 aromatic heterocycles. The third-order valence-corrected chi connectivity index (χ3v) is 4.60. The first-order valence-electron chi connectivity index (χ1n) is 8.72. The molecule has 152 valence electrons. The van der Waals surface area contributed by atoms with E-state index in [1.807, 2.05) is 6.07 Å². The molecule has 0 saturated carbocycles. The van der Waals surface area contributed by atoms with Crippen LogP contribution in [0.3, 0.4) is 0 Å². The number of nitrogen functional groups attached to an aromatic ring is 1. The number of nitrogens with one attached hydrogen (secondary N) is 1. The molecule has 0 spiro atoms. The molecule has 1 saturated heterocycles. The Morgan fingerprint density at radius 2 is 2.07 bits per heavy atom. The van der Waals surface area contributed by atoms with Crippen molar-refractivity contribution in [1.82, 2.24) is 10.3 Å². The van der Waals surface area contributed by atoms with Crippen LogP contribution in [0.1, 0.15) is 29.9 Å². The number of nitrogens with zero attached hydrogens (tertiary/aromatic N) is 2. The Morgan fingerprint density at radius 1 is 1.34 bits per heavy atom. The molecule has 0 bridgehead atoms. The number of carbonyl (C=O) groups is 1. The minimum Gasteiger partial charge on any atom is -0.419 e. The molecule has 3 rings (SSSR count). The van der Waals surface area contributed by atoms with Crippen molar-refractivity contribution in [3.63, 3.8) is 0 Å². The number of anilines is 1. The lowest BCUT2D eigenvalue weighted by Crippen LogP contribution is -2.30. The zero-order valence-corrected chi connectivity index (χ0v) is 15.0. The third kappa shape index (κ3) is 4.14. The summed E-state index contributed by atoms with van der Waals surface area (Å²) in [6, 6.07) is 6.98. The fourth-order valence-corrected chi connectivity index (χ4v) is 3.29. The SMILES string of the molecule is N#Cc1c(N)nc(-c2ccccc2OC(=O)C(F)(F)F)c(F)c1C1CCCNC1. The van der Waals surface area contributed by atoms with Crippen LogP contribution < -0.4 is 15.8 Å². The molecule has 10 heteroatoms. The zero-order chi connectivity index (χ0) is 21.2. The number of para-hydroxylation sites is 1. The minimum atomic E-state index is -5.22. The second-order valence-corrected chi connectivity index (χ2v) is 6.49. The number of pyridine rings is 1. The second kappa shape index (κ2) is 8.05. The number of piperidine rings is 1. The Hall–Kier alpha value is -3.19. The maximum Gasteiger partial charge on any atom is 0.491 e. The van der Waals surface area contributed by atoms with Crippen LogP contribution in [0, 0.1) is 17.1 Å². The highest BCUT2D eigenvalue weighted by Crippen LogP contribution is 2.38. The molecule has 0 amide bonds. The van der Waals surface area contributed by atoms with Gasteiger partial charge in [0.15, 0.2) is 5.82 Å². The molecule has 1 atom stereocenters. The molecule has 29 heavy (non-hydrogen) atoms. The van der Waals surface area contributed by atoms with Gasteiger partial charge >= 0.3 is 12.1 Å². The van der Waals surface area contributed by atoms with Crippen LogP contribution in [0.25, 0.3) is 11.3 Å². The topological polar surface area (TPSA) is 101 Å². The van der Waals surface area contributed by atoms with Crippen molar-refractivity contribution in [3.05, 3.63) is 41.2 Å². The van der Waals surface area contributed by atoms with Crippen molar-refractivity contribution < 1.29 is 27.1 Å². The first-order chi connectivity index (χ1) is 13.7. The van der Waals surface area contributed by atoms with Crippen molar-refractivity contribution in [1.29, 1.82) is 5.26 Å². The monoisotopic (exact) mass is 408 g/mol. The van der Waals surface area contributed by atoms with Crippen LogP contribution in [0.4, 0.5) is 23.4 Å². The van der Waals surface area contributed by atoms with Gasteiger partial charge in [-0.05, 0) is 31.5 Å². The Labute approximate surface area is 163 Å². The maximum absolute atomic E-state index is 15.5. The molecular formula is C19H16F4N4O2. The van der Waals surface area contributed by atoms with Gasteiger partial charge in [-0.1, -0.05) is 12.1 Å². The van der Waals surface area contributed by atoms with Crippen LogP contribution in [0.2, 0.25) is 0 Å². The van der Waals surface area contributed by atoms with Crippen molar-refractivity contribution in [2.45, 2.75) is 24.9 Å². The molecule has 0 aliphatic carbocycles. The van der Waals surface area contributed by atoms with Crippen molar-refractivity contribution >= 4 is 11.8 Å². The summed E-state index contributed by atoms with van der Waals surface area (Å²) in [6.45, 7) is 1.17. The van der Waals surface area contributed by atoms with Gasteiger partial charge < -0.3 is 15.8 Å². The molecule has 6 nitrogen and oxygen atoms in total. The Bertz CT molecular complexity index is 979. The first-order valence-corrected chi connectivity index (χ1v) is 8.72. The second-order valence-electron chi connectivity index (χ2n) is 6.49. The number of carbonyl (C=O) groups excluding carboxylic acids is 1. The third-order valence-electron chi connectivity index (χ3n) is 4.60. The highest BCUT2D eigenvalue weighted by Gasteiger charge is 2.42. The van der Waals surface area contributed by atoms with E-state index in [-0.39, 0.29) is 34.1 Å². The van der Waals surface area contributed by atoms with E-state index in [4.69, 9.17) is 5.73 Å². The normalized spacial score (nSPS) is 16.9. The van der Waals surface area contributed by atoms with Gasteiger partial charge in [0.2, 0.25) is 0 Å². The average Bonchev–Trinajstić information content (AvgIpc) is 2.69. The average molecular weight is 408 g/mol. The summed E-state index contributed by atoms with van der Waals surface area (Å²) in [5.74, 6) is -4.43. The van der Waals surface area contributed by atoms with Gasteiger partial charge in [-0.25, -0.2) is 14.2 Å². The molecule has 1 unspecified atom stereocenters. The number of alkyl halides is 3. The number of aromatic nitrogens is 1. The number of benzene rings is 1. The standard InChI is InChI=1S/C19H16F4N4O2/c20-15-14(10-4-3-7-26-9-10)12(8-24)17(25)27-16(15)11-5-1-2-6-13(11)29-18(28)19(21,22)23/h1-2,5-6,10,26H,3-4,7,9H2,(H2,25,27). The van der Waals surface area contributed by atoms with Crippen molar-refractivity contribution in [2.75, 3.05) is 18.8 Å². The number of hydrogen-bond donors (Lipinski definition) is 2. The van der Waals surface area contributed by atoms with E-state index in [0.29, 0.717) is 13.0 Å². The van der Waals surface area contributed by atoms with E-state index in [1.165, 1.54) is 18.2 Å². The predicted molar refractivity (Wildman–Crippen MR) is 95.3 cm³/mol. The quantitative estimate of drug-likeness (QED) is 0.459. The lowest BCUT2D eigenvalue weighted by molar-refractivity contribution is -0.189. The number of rotatable bonds is 3. The molecule has 2 aromatic rings. The van der Waals surface area contributed by atoms with Gasteiger partial charge in [0.05, 0.1) is 0 Å². The molecular weight excluding hydrogens is 392 g/mol. The Morgan fingerprint density at radius 3 is 2.69 bits per heavy atom. The van der Waals surface area contributed by atoms with Crippen LogP contribution in [-0.2, 0) is 4.79 Å². The minimum absolute atomic E-state index is 0.0548. The van der Waals surface area contributed by atoms with E-state index in [9.17, 15) is 23.2 Å². The number of ether oxygens (including phenoxy) is 1. The largest absolute Gasteiger partial charge is 0.491 e. The first kappa shape index (κ1) is 20.5. The summed E-state index contributed by atoms with van der Waals surface area (Å²) in [5, 5.41) is 12.5. The highest BCUT2D eigenvalue weighted by molar-refractivity contribution is 5.81. The van der Waals surface area contributed by atoms with Crippen LogP contribution in [-0.4, -0.2) is 30.2 Å². The Balaban J connectivity index is 2.14. The fraction of sp³-hybridized carbons (Fsp3) is 0.316. The molecule has 1 aliphatic heterocycles. The van der Waals surface area contributed by atoms with E-state index in [2.05, 4.69) is 15.0 Å². The molecule has 2 heterocycles. The molecule has 0 radical (unpaired) electrons. The fourth-order valence-electron chi connectivity index (χ4n) is 3.29. The summed E-state index contributed by atoms with van der Waals surface area (Å²) in [4.78, 5) is 15.1. The van der Waals surface area contributed by atoms with Crippen LogP contribution in [0.5, 0.6) is 5.75 Å². The van der Waals surface area contributed by atoms with Gasteiger partial charge in [-0.3, -0.25) is 0 Å². The van der Waals surface area contributed by atoms with Crippen molar-refractivity contribution in [3.8, 4) is 23.1 Å². The maximum atomic E-state index is 15.5. The molecule has 1 fully saturated rings. The number of nitriles is 1. The molecule has 1 aliphatic rings. The van der Waals surface area contributed by atoms with E-state index in [0.717, 1.165) is 19.0 Å². The van der Waals surface area contributed by atoms with Gasteiger partial charge in [0.25, 0.3) is 0 Å². The predicted octanol–water partition coefficient (Wildman–Crippen LogP) is 3.28. The zero-order valence-electron chi connectivity index (χ0n) is 15.0. The Kier molecular flexibility index (Phi) is 5.70. The van der Waals surface area contributed by atoms with E-state index >= 15 is 4.39 Å². The summed E-state index contributed by atoms with van der Waals surface area (Å²) in [7, 11) is 0. The number of halogens is 4. The molecule has 3 N–H and O–H groups in total. The number of esters is 1. The highest BCUT2D eigenvalue weighted by atomic mass is 19.4. The van der Waals surface area contributed by atoms with Crippen molar-refractivity contribution in [2.24, 2.45) is 0 Å². The van der Waals surface area contributed by atoms with Gasteiger partial charge in [-0.15, -0.1) is 0 Å². The van der Waals surface area contributed by atoms with E-state index in [1.54, 1.807) is 0 Å².